The third-order valence-corrected chi connectivity index (χ3v) is 4.04. The molecule has 0 unspecified atom stereocenters. The van der Waals surface area contributed by atoms with Crippen LogP contribution < -0.4 is 5.73 Å². The second-order valence-electron chi connectivity index (χ2n) is 6.49. The van der Waals surface area contributed by atoms with Crippen molar-refractivity contribution in [3.63, 3.8) is 0 Å². The van der Waals surface area contributed by atoms with Crippen molar-refractivity contribution in [1.82, 2.24) is 0 Å². The molecule has 0 heterocycles. The Morgan fingerprint density at radius 2 is 1.23 bits per heavy atom. The van der Waals surface area contributed by atoms with Gasteiger partial charge in [-0.3, -0.25) is 0 Å². The van der Waals surface area contributed by atoms with E-state index in [2.05, 4.69) is 67.9 Å². The molecular formula is C20H28BrN. The molecule has 0 aromatic heterocycles. The first kappa shape index (κ1) is 18.8. The highest BCUT2D eigenvalue weighted by Gasteiger charge is 2.00. The van der Waals surface area contributed by atoms with Crippen LogP contribution in [-0.4, -0.2) is 0 Å². The molecule has 0 radical (unpaired) electrons. The Morgan fingerprint density at radius 1 is 0.773 bits per heavy atom. The molecule has 120 valence electrons. The van der Waals surface area contributed by atoms with Gasteiger partial charge in [-0.1, -0.05) is 80.0 Å². The van der Waals surface area contributed by atoms with Gasteiger partial charge < -0.3 is 5.73 Å². The molecule has 2 N–H and O–H groups in total. The minimum Gasteiger partial charge on any atom is -0.399 e. The molecule has 0 aliphatic carbocycles. The van der Waals surface area contributed by atoms with Gasteiger partial charge in [0, 0.05) is 10.2 Å². The van der Waals surface area contributed by atoms with E-state index in [4.69, 9.17) is 5.73 Å². The van der Waals surface area contributed by atoms with Crippen molar-refractivity contribution in [2.24, 2.45) is 11.8 Å². The fraction of sp³-hybridized carbons (Fsp3) is 0.400. The predicted octanol–water partition coefficient (Wildman–Crippen LogP) is 6.11. The van der Waals surface area contributed by atoms with E-state index >= 15 is 0 Å². The van der Waals surface area contributed by atoms with Crippen molar-refractivity contribution < 1.29 is 0 Å². The number of anilines is 1. The van der Waals surface area contributed by atoms with Crippen molar-refractivity contribution in [2.75, 3.05) is 5.73 Å². The fourth-order valence-corrected chi connectivity index (χ4v) is 2.71. The Balaban J connectivity index is 0.000000220. The summed E-state index contributed by atoms with van der Waals surface area (Å²) in [6.45, 7) is 8.87. The molecule has 0 amide bonds. The Kier molecular flexibility index (Phi) is 8.26. The molecule has 22 heavy (non-hydrogen) atoms. The summed E-state index contributed by atoms with van der Waals surface area (Å²) in [4.78, 5) is 0. The maximum atomic E-state index is 5.77. The molecule has 0 atom stereocenters. The number of hydrogen-bond acceptors (Lipinski definition) is 1. The molecule has 0 saturated carbocycles. The second kappa shape index (κ2) is 9.68. The topological polar surface area (TPSA) is 26.0 Å². The standard InChI is InChI=1S/C10H13Br.C10H15N/c2*1-8(2)7-9-5-3-4-6-10(9)11/h3-6,8H,7H2,1-2H3;3-6,8H,7,11H2,1-2H3. The Labute approximate surface area is 144 Å². The molecule has 0 fully saturated rings. The first-order chi connectivity index (χ1) is 10.4. The lowest BCUT2D eigenvalue weighted by Crippen LogP contribution is -1.98. The zero-order chi connectivity index (χ0) is 16.5. The van der Waals surface area contributed by atoms with Gasteiger partial charge in [-0.2, -0.15) is 0 Å². The minimum absolute atomic E-state index is 0.680. The van der Waals surface area contributed by atoms with E-state index in [1.807, 2.05) is 24.3 Å². The highest BCUT2D eigenvalue weighted by Crippen LogP contribution is 2.18. The number of benzene rings is 2. The van der Waals surface area contributed by atoms with Crippen LogP contribution >= 0.6 is 15.9 Å². The normalized spacial score (nSPS) is 10.5. The van der Waals surface area contributed by atoms with E-state index in [1.54, 1.807) is 0 Å². The van der Waals surface area contributed by atoms with Crippen LogP contribution in [0.5, 0.6) is 0 Å². The van der Waals surface area contributed by atoms with E-state index in [0.29, 0.717) is 5.92 Å². The predicted molar refractivity (Wildman–Crippen MR) is 102 cm³/mol. The van der Waals surface area contributed by atoms with Crippen LogP contribution in [0.1, 0.15) is 38.8 Å². The van der Waals surface area contributed by atoms with E-state index in [0.717, 1.165) is 24.4 Å². The Morgan fingerprint density at radius 3 is 1.73 bits per heavy atom. The molecular weight excluding hydrogens is 334 g/mol. The van der Waals surface area contributed by atoms with Crippen molar-refractivity contribution in [3.05, 3.63) is 64.1 Å². The highest BCUT2D eigenvalue weighted by molar-refractivity contribution is 9.10. The summed E-state index contributed by atoms with van der Waals surface area (Å²) in [5, 5.41) is 0. The summed E-state index contributed by atoms with van der Waals surface area (Å²) in [6.07, 6.45) is 2.23. The van der Waals surface area contributed by atoms with E-state index in [9.17, 15) is 0 Å². The van der Waals surface area contributed by atoms with Crippen LogP contribution in [-0.2, 0) is 12.8 Å². The van der Waals surface area contributed by atoms with Crippen molar-refractivity contribution in [3.8, 4) is 0 Å². The molecule has 1 nitrogen and oxygen atoms in total. The molecule has 0 bridgehead atoms. The third kappa shape index (κ3) is 7.13. The summed E-state index contributed by atoms with van der Waals surface area (Å²) in [5.74, 6) is 1.41. The molecule has 0 aliphatic heterocycles. The molecule has 0 aliphatic rings. The summed E-state index contributed by atoms with van der Waals surface area (Å²) >= 11 is 3.52. The van der Waals surface area contributed by atoms with Gasteiger partial charge in [0.25, 0.3) is 0 Å². The number of para-hydroxylation sites is 1. The van der Waals surface area contributed by atoms with Gasteiger partial charge >= 0.3 is 0 Å². The van der Waals surface area contributed by atoms with E-state index < -0.39 is 0 Å². The van der Waals surface area contributed by atoms with Crippen LogP contribution in [0.15, 0.2) is 53.0 Å². The van der Waals surface area contributed by atoms with Crippen molar-refractivity contribution in [1.29, 1.82) is 0 Å². The number of rotatable bonds is 4. The largest absolute Gasteiger partial charge is 0.399 e. The highest BCUT2D eigenvalue weighted by atomic mass is 79.9. The second-order valence-corrected chi connectivity index (χ2v) is 7.34. The van der Waals surface area contributed by atoms with Crippen LogP contribution in [0.2, 0.25) is 0 Å². The van der Waals surface area contributed by atoms with Crippen molar-refractivity contribution in [2.45, 2.75) is 40.5 Å². The SMILES string of the molecule is CC(C)Cc1ccccc1Br.CC(C)Cc1ccccc1N. The Hall–Kier alpha value is -1.28. The van der Waals surface area contributed by atoms with Gasteiger partial charge in [0.05, 0.1) is 0 Å². The van der Waals surface area contributed by atoms with E-state index in [-0.39, 0.29) is 0 Å². The maximum absolute atomic E-state index is 5.77. The quantitative estimate of drug-likeness (QED) is 0.652. The third-order valence-electron chi connectivity index (χ3n) is 3.27. The summed E-state index contributed by atoms with van der Waals surface area (Å²) in [7, 11) is 0. The zero-order valence-corrected chi connectivity index (χ0v) is 15.7. The van der Waals surface area contributed by atoms with Crippen molar-refractivity contribution >= 4 is 21.6 Å². The van der Waals surface area contributed by atoms with Crippen LogP contribution in [0.3, 0.4) is 0 Å². The lowest BCUT2D eigenvalue weighted by molar-refractivity contribution is 0.645. The van der Waals surface area contributed by atoms with Crippen LogP contribution in [0.25, 0.3) is 0 Å². The maximum Gasteiger partial charge on any atom is 0.0346 e. The van der Waals surface area contributed by atoms with Gasteiger partial charge in [0.2, 0.25) is 0 Å². The number of halogens is 1. The number of hydrogen-bond donors (Lipinski definition) is 1. The number of nitrogen functional groups attached to an aromatic ring is 1. The molecule has 2 aromatic carbocycles. The van der Waals surface area contributed by atoms with Gasteiger partial charge in [-0.25, -0.2) is 0 Å². The monoisotopic (exact) mass is 361 g/mol. The summed E-state index contributed by atoms with van der Waals surface area (Å²) < 4.78 is 1.23. The summed E-state index contributed by atoms with van der Waals surface area (Å²) in [6, 6.07) is 16.5. The van der Waals surface area contributed by atoms with Crippen LogP contribution in [0.4, 0.5) is 5.69 Å². The molecule has 0 spiro atoms. The first-order valence-electron chi connectivity index (χ1n) is 7.97. The molecule has 0 saturated heterocycles. The molecule has 2 rings (SSSR count). The molecule has 2 heteroatoms. The lowest BCUT2D eigenvalue weighted by Gasteiger charge is -2.06. The lowest BCUT2D eigenvalue weighted by atomic mass is 10.0. The average molecular weight is 362 g/mol. The first-order valence-corrected chi connectivity index (χ1v) is 8.76. The number of nitrogens with two attached hydrogens (primary N) is 1. The van der Waals surface area contributed by atoms with Crippen LogP contribution in [0, 0.1) is 11.8 Å². The zero-order valence-electron chi connectivity index (χ0n) is 14.1. The molecule has 2 aromatic rings. The summed E-state index contributed by atoms with van der Waals surface area (Å²) in [5.41, 5.74) is 9.36. The smallest absolute Gasteiger partial charge is 0.0346 e. The van der Waals surface area contributed by atoms with Gasteiger partial charge in [0.1, 0.15) is 0 Å². The van der Waals surface area contributed by atoms with E-state index in [1.165, 1.54) is 15.6 Å². The van der Waals surface area contributed by atoms with Gasteiger partial charge in [-0.05, 0) is 47.9 Å². The fourth-order valence-electron chi connectivity index (χ4n) is 2.26. The minimum atomic E-state index is 0.680. The average Bonchev–Trinajstić information content (AvgIpc) is 2.44. The van der Waals surface area contributed by atoms with Gasteiger partial charge in [-0.15, -0.1) is 0 Å². The Bertz CT molecular complexity index is 510. The van der Waals surface area contributed by atoms with Gasteiger partial charge in [0.15, 0.2) is 0 Å².